The molecule has 0 aromatic carbocycles. The van der Waals surface area contributed by atoms with Crippen LogP contribution in [0.25, 0.3) is 12.2 Å². The van der Waals surface area contributed by atoms with Crippen LogP contribution in [0.15, 0.2) is 12.2 Å². The maximum absolute atomic E-state index is 5.88. The molecule has 0 saturated heterocycles. The Bertz CT molecular complexity index is 912. The first-order chi connectivity index (χ1) is 15.7. The summed E-state index contributed by atoms with van der Waals surface area (Å²) in [5.74, 6) is 5.11. The molecule has 172 valence electrons. The van der Waals surface area contributed by atoms with Gasteiger partial charge >= 0.3 is 0 Å². The van der Waals surface area contributed by atoms with Crippen molar-refractivity contribution in [2.24, 2.45) is 11.8 Å². The topological polar surface area (TPSA) is 36.9 Å². The van der Waals surface area contributed by atoms with Crippen LogP contribution in [-0.2, 0) is 0 Å². The Balaban J connectivity index is 1.17. The van der Waals surface area contributed by atoms with E-state index in [0.717, 1.165) is 23.0 Å². The molecule has 4 heterocycles. The van der Waals surface area contributed by atoms with Gasteiger partial charge in [0.15, 0.2) is 23.0 Å². The van der Waals surface area contributed by atoms with Crippen molar-refractivity contribution in [2.45, 2.75) is 52.4 Å². The van der Waals surface area contributed by atoms with Gasteiger partial charge < -0.3 is 18.9 Å². The Morgan fingerprint density at radius 1 is 0.594 bits per heavy atom. The van der Waals surface area contributed by atoms with Crippen molar-refractivity contribution in [3.05, 3.63) is 31.7 Å². The molecule has 32 heavy (non-hydrogen) atoms. The van der Waals surface area contributed by atoms with Gasteiger partial charge in [0.2, 0.25) is 0 Å². The summed E-state index contributed by atoms with van der Waals surface area (Å²) in [6, 6.07) is 0. The second kappa shape index (κ2) is 9.92. The van der Waals surface area contributed by atoms with Crippen LogP contribution in [-0.4, -0.2) is 26.4 Å². The first kappa shape index (κ1) is 21.9. The molecule has 0 amide bonds. The molecule has 2 aromatic rings. The van der Waals surface area contributed by atoms with E-state index in [-0.39, 0.29) is 0 Å². The van der Waals surface area contributed by atoms with Crippen molar-refractivity contribution in [1.29, 1.82) is 0 Å². The molecule has 2 aromatic heterocycles. The molecular formula is C26H32O4S2. The quantitative estimate of drug-likeness (QED) is 0.468. The number of fused-ring (bicyclic) bond motifs is 2. The van der Waals surface area contributed by atoms with Crippen LogP contribution in [0.4, 0.5) is 0 Å². The lowest BCUT2D eigenvalue weighted by molar-refractivity contribution is 0.172. The van der Waals surface area contributed by atoms with Crippen LogP contribution >= 0.6 is 22.7 Å². The Kier molecular flexibility index (Phi) is 6.79. The molecule has 6 heteroatoms. The zero-order valence-electron chi connectivity index (χ0n) is 19.0. The summed E-state index contributed by atoms with van der Waals surface area (Å²) in [5, 5.41) is 0. The molecule has 1 saturated carbocycles. The van der Waals surface area contributed by atoms with Gasteiger partial charge in [-0.1, -0.05) is 25.0 Å². The van der Waals surface area contributed by atoms with E-state index in [9.17, 15) is 0 Å². The molecule has 0 unspecified atom stereocenters. The van der Waals surface area contributed by atoms with Crippen molar-refractivity contribution in [2.75, 3.05) is 26.4 Å². The van der Waals surface area contributed by atoms with Crippen molar-refractivity contribution in [1.82, 2.24) is 0 Å². The van der Waals surface area contributed by atoms with Crippen molar-refractivity contribution < 1.29 is 18.9 Å². The minimum absolute atomic E-state index is 0.648. The number of thiophene rings is 2. The van der Waals surface area contributed by atoms with Crippen molar-refractivity contribution in [3.8, 4) is 23.0 Å². The van der Waals surface area contributed by atoms with Gasteiger partial charge in [0.25, 0.3) is 0 Å². The fourth-order valence-electron chi connectivity index (χ4n) is 4.87. The smallest absolute Gasteiger partial charge is 0.179 e. The minimum atomic E-state index is 0.648. The lowest BCUT2D eigenvalue weighted by Gasteiger charge is -2.21. The molecule has 1 fully saturated rings. The summed E-state index contributed by atoms with van der Waals surface area (Å²) in [6.45, 7) is 6.84. The third-order valence-corrected chi connectivity index (χ3v) is 8.58. The molecule has 0 bridgehead atoms. The zero-order chi connectivity index (χ0) is 21.9. The summed E-state index contributed by atoms with van der Waals surface area (Å²) in [4.78, 5) is 4.85. The van der Waals surface area contributed by atoms with E-state index in [1.807, 2.05) is 0 Å². The predicted octanol–water partition coefficient (Wildman–Crippen LogP) is 7.28. The average Bonchev–Trinajstić information content (AvgIpc) is 3.29. The minimum Gasteiger partial charge on any atom is -0.485 e. The van der Waals surface area contributed by atoms with E-state index < -0.39 is 0 Å². The molecule has 2 aliphatic heterocycles. The van der Waals surface area contributed by atoms with Gasteiger partial charge in [0.05, 0.1) is 9.75 Å². The van der Waals surface area contributed by atoms with E-state index in [1.54, 1.807) is 22.7 Å². The number of hydrogen-bond acceptors (Lipinski definition) is 6. The molecule has 0 spiro atoms. The first-order valence-corrected chi connectivity index (χ1v) is 13.5. The highest BCUT2D eigenvalue weighted by Crippen LogP contribution is 2.45. The Labute approximate surface area is 198 Å². The largest absolute Gasteiger partial charge is 0.485 e. The fraction of sp³-hybridized carbons (Fsp3) is 0.538. The second-order valence-corrected chi connectivity index (χ2v) is 11.4. The number of ether oxygens (including phenoxy) is 4. The highest BCUT2D eigenvalue weighted by Gasteiger charge is 2.22. The molecule has 1 aliphatic carbocycles. The molecule has 0 atom stereocenters. The number of allylic oxidation sites excluding steroid dienone is 2. The molecule has 0 radical (unpaired) electrons. The molecule has 0 N–H and O–H groups in total. The van der Waals surface area contributed by atoms with Crippen molar-refractivity contribution >= 4 is 34.8 Å². The third-order valence-electron chi connectivity index (χ3n) is 6.52. The number of rotatable bonds is 4. The van der Waals surface area contributed by atoms with E-state index in [4.69, 9.17) is 18.9 Å². The normalized spacial score (nSPS) is 23.4. The lowest BCUT2D eigenvalue weighted by atomic mass is 9.85. The van der Waals surface area contributed by atoms with Gasteiger partial charge in [-0.05, 0) is 63.5 Å². The van der Waals surface area contributed by atoms with E-state index in [1.165, 1.54) is 58.0 Å². The summed E-state index contributed by atoms with van der Waals surface area (Å²) in [5.41, 5.74) is 0. The standard InChI is InChI=1S/C26H32O4S2/c1-17-23-25(29-15-13-27-23)21(31-17)11-9-19-5-3-7-20(8-4-6-19)10-12-22-26-24(18(2)32-22)28-14-16-30-26/h9-12,19-20H,3-8,13-16H2,1-2H3/b11-9+,12-10+. The van der Waals surface area contributed by atoms with E-state index >= 15 is 0 Å². The monoisotopic (exact) mass is 472 g/mol. The Hall–Kier alpha value is -1.92. The van der Waals surface area contributed by atoms with Gasteiger partial charge in [-0.3, -0.25) is 0 Å². The van der Waals surface area contributed by atoms with Gasteiger partial charge in [-0.15, -0.1) is 22.7 Å². The van der Waals surface area contributed by atoms with Gasteiger partial charge in [0.1, 0.15) is 26.4 Å². The Morgan fingerprint density at radius 3 is 1.38 bits per heavy atom. The molecule has 3 aliphatic rings. The molecular weight excluding hydrogens is 440 g/mol. The summed E-state index contributed by atoms with van der Waals surface area (Å²) >= 11 is 3.56. The van der Waals surface area contributed by atoms with Crippen LogP contribution in [0.1, 0.15) is 58.0 Å². The Morgan fingerprint density at radius 2 is 0.969 bits per heavy atom. The van der Waals surface area contributed by atoms with E-state index in [0.29, 0.717) is 38.3 Å². The highest BCUT2D eigenvalue weighted by molar-refractivity contribution is 7.14. The molecule has 5 rings (SSSR count). The van der Waals surface area contributed by atoms with Gasteiger partial charge in [-0.2, -0.15) is 0 Å². The number of aryl methyl sites for hydroxylation is 2. The molecule has 4 nitrogen and oxygen atoms in total. The van der Waals surface area contributed by atoms with Crippen LogP contribution in [0.2, 0.25) is 0 Å². The predicted molar refractivity (Wildman–Crippen MR) is 133 cm³/mol. The highest BCUT2D eigenvalue weighted by atomic mass is 32.1. The van der Waals surface area contributed by atoms with Crippen molar-refractivity contribution in [3.63, 3.8) is 0 Å². The van der Waals surface area contributed by atoms with Gasteiger partial charge in [0, 0.05) is 9.75 Å². The zero-order valence-corrected chi connectivity index (χ0v) is 20.6. The third kappa shape index (κ3) is 4.72. The summed E-state index contributed by atoms with van der Waals surface area (Å²) < 4.78 is 23.4. The van der Waals surface area contributed by atoms with Gasteiger partial charge in [-0.25, -0.2) is 0 Å². The fourth-order valence-corrected chi connectivity index (χ4v) is 6.80. The van der Waals surface area contributed by atoms with Crippen LogP contribution in [0.3, 0.4) is 0 Å². The SMILES string of the molecule is Cc1sc(/C=C/C2CCCC(/C=C/c3sc(C)c4c3OCCO4)CCC2)c2c1OCCO2. The van der Waals surface area contributed by atoms with Crippen LogP contribution in [0, 0.1) is 25.7 Å². The maximum atomic E-state index is 5.88. The van der Waals surface area contributed by atoms with Crippen LogP contribution < -0.4 is 18.9 Å². The van der Waals surface area contributed by atoms with Crippen LogP contribution in [0.5, 0.6) is 23.0 Å². The first-order valence-electron chi connectivity index (χ1n) is 11.8. The van der Waals surface area contributed by atoms with E-state index in [2.05, 4.69) is 38.2 Å². The average molecular weight is 473 g/mol. The second-order valence-electron chi connectivity index (χ2n) is 8.86. The lowest BCUT2D eigenvalue weighted by Crippen LogP contribution is -2.15. The number of hydrogen-bond donors (Lipinski definition) is 0. The summed E-state index contributed by atoms with van der Waals surface area (Å²) in [7, 11) is 0. The maximum Gasteiger partial charge on any atom is 0.179 e. The summed E-state index contributed by atoms with van der Waals surface area (Å²) in [6.07, 6.45) is 17.0.